The summed E-state index contributed by atoms with van der Waals surface area (Å²) in [7, 11) is 0. The number of carbonyl (C=O) groups excluding carboxylic acids is 1. The second-order valence-corrected chi connectivity index (χ2v) is 7.20. The van der Waals surface area contributed by atoms with Gasteiger partial charge >= 0.3 is 6.03 Å². The molecule has 0 saturated heterocycles. The number of rotatable bonds is 5. The van der Waals surface area contributed by atoms with Gasteiger partial charge in [-0.15, -0.1) is 0 Å². The summed E-state index contributed by atoms with van der Waals surface area (Å²) in [4.78, 5) is 14.7. The monoisotopic (exact) mass is 398 g/mol. The summed E-state index contributed by atoms with van der Waals surface area (Å²) in [5.74, 6) is 0. The summed E-state index contributed by atoms with van der Waals surface area (Å²) in [6.07, 6.45) is 0. The van der Waals surface area contributed by atoms with Crippen LogP contribution in [-0.4, -0.2) is 10.9 Å². The predicted molar refractivity (Wildman–Crippen MR) is 112 cm³/mol. The number of nitrogens with one attached hydrogen (secondary N) is 1. The maximum Gasteiger partial charge on any atom is 0.322 e. The third kappa shape index (κ3) is 5.49. The molecule has 2 amide bonds. The number of carbonyl (C=O) groups is 1. The van der Waals surface area contributed by atoms with Crippen LogP contribution in [0.25, 0.3) is 0 Å². The largest absolute Gasteiger partial charge is 0.322 e. The van der Waals surface area contributed by atoms with Crippen molar-refractivity contribution < 1.29 is 4.79 Å². The van der Waals surface area contributed by atoms with E-state index in [1.165, 1.54) is 0 Å². The SMILES string of the molecule is Cc1cccc(CN(Cc2ccccc2)C(=O)Nc2ccc(Cl)c(Cl)c2)c1. The van der Waals surface area contributed by atoms with Crippen molar-refractivity contribution in [1.82, 2.24) is 4.90 Å². The third-order valence-electron chi connectivity index (χ3n) is 4.13. The zero-order valence-electron chi connectivity index (χ0n) is 15.0. The molecule has 3 aromatic rings. The number of halogens is 2. The van der Waals surface area contributed by atoms with E-state index >= 15 is 0 Å². The molecule has 0 aliphatic carbocycles. The van der Waals surface area contributed by atoms with Gasteiger partial charge in [0.05, 0.1) is 10.0 Å². The van der Waals surface area contributed by atoms with Crippen molar-refractivity contribution in [3.8, 4) is 0 Å². The first-order valence-corrected chi connectivity index (χ1v) is 9.37. The summed E-state index contributed by atoms with van der Waals surface area (Å²) < 4.78 is 0. The number of hydrogen-bond acceptors (Lipinski definition) is 1. The Morgan fingerprint density at radius 1 is 0.852 bits per heavy atom. The standard InChI is InChI=1S/C22H20Cl2N2O/c1-16-6-5-9-18(12-16)15-26(14-17-7-3-2-4-8-17)22(27)25-19-10-11-20(23)21(24)13-19/h2-13H,14-15H2,1H3,(H,25,27). The normalized spacial score (nSPS) is 10.5. The minimum atomic E-state index is -0.196. The average Bonchev–Trinajstić information content (AvgIpc) is 2.65. The van der Waals surface area contributed by atoms with Crippen molar-refractivity contribution in [3.63, 3.8) is 0 Å². The van der Waals surface area contributed by atoms with E-state index in [0.717, 1.165) is 16.7 Å². The topological polar surface area (TPSA) is 32.3 Å². The molecule has 0 saturated carbocycles. The molecule has 0 atom stereocenters. The predicted octanol–water partition coefficient (Wildman–Crippen LogP) is 6.54. The zero-order valence-corrected chi connectivity index (χ0v) is 16.5. The number of hydrogen-bond donors (Lipinski definition) is 1. The van der Waals surface area contributed by atoms with Crippen molar-refractivity contribution in [3.05, 3.63) is 99.5 Å². The highest BCUT2D eigenvalue weighted by Gasteiger charge is 2.15. The maximum absolute atomic E-state index is 12.9. The Labute approximate surface area is 169 Å². The molecular formula is C22H20Cl2N2O. The molecule has 0 spiro atoms. The summed E-state index contributed by atoms with van der Waals surface area (Å²) in [5.41, 5.74) is 3.92. The van der Waals surface area contributed by atoms with Crippen LogP contribution in [-0.2, 0) is 13.1 Å². The van der Waals surface area contributed by atoms with Gasteiger partial charge in [0.25, 0.3) is 0 Å². The lowest BCUT2D eigenvalue weighted by Gasteiger charge is -2.24. The Bertz CT molecular complexity index is 929. The number of nitrogens with zero attached hydrogens (tertiary/aromatic N) is 1. The fraction of sp³-hybridized carbons (Fsp3) is 0.136. The van der Waals surface area contributed by atoms with Crippen molar-refractivity contribution in [2.75, 3.05) is 5.32 Å². The van der Waals surface area contributed by atoms with Crippen molar-refractivity contribution in [2.45, 2.75) is 20.0 Å². The van der Waals surface area contributed by atoms with Crippen molar-refractivity contribution >= 4 is 34.9 Å². The first kappa shape index (κ1) is 19.3. The van der Waals surface area contributed by atoms with E-state index in [2.05, 4.69) is 11.4 Å². The third-order valence-corrected chi connectivity index (χ3v) is 4.87. The highest BCUT2D eigenvalue weighted by molar-refractivity contribution is 6.42. The van der Waals surface area contributed by atoms with E-state index in [9.17, 15) is 4.79 Å². The molecule has 0 aromatic heterocycles. The van der Waals surface area contributed by atoms with Gasteiger partial charge in [0.1, 0.15) is 0 Å². The lowest BCUT2D eigenvalue weighted by atomic mass is 10.1. The molecule has 3 rings (SSSR count). The highest BCUT2D eigenvalue weighted by Crippen LogP contribution is 2.25. The highest BCUT2D eigenvalue weighted by atomic mass is 35.5. The van der Waals surface area contributed by atoms with E-state index in [1.54, 1.807) is 23.1 Å². The van der Waals surface area contributed by atoms with Crippen LogP contribution in [0.5, 0.6) is 0 Å². The molecule has 0 bridgehead atoms. The Kier molecular flexibility index (Phi) is 6.38. The fourth-order valence-corrected chi connectivity index (χ4v) is 3.11. The van der Waals surface area contributed by atoms with Crippen LogP contribution >= 0.6 is 23.2 Å². The van der Waals surface area contributed by atoms with Gasteiger partial charge in [-0.1, -0.05) is 83.4 Å². The Balaban J connectivity index is 1.81. The summed E-state index contributed by atoms with van der Waals surface area (Å²) in [6, 6.07) is 22.9. The summed E-state index contributed by atoms with van der Waals surface area (Å²) >= 11 is 12.0. The van der Waals surface area contributed by atoms with Crippen molar-refractivity contribution in [1.29, 1.82) is 0 Å². The van der Waals surface area contributed by atoms with E-state index in [0.29, 0.717) is 28.8 Å². The number of amides is 2. The molecular weight excluding hydrogens is 379 g/mol. The van der Waals surface area contributed by atoms with Crippen LogP contribution in [0.15, 0.2) is 72.8 Å². The van der Waals surface area contributed by atoms with Gasteiger partial charge in [-0.2, -0.15) is 0 Å². The lowest BCUT2D eigenvalue weighted by Crippen LogP contribution is -2.34. The molecule has 0 aliphatic heterocycles. The molecule has 1 N–H and O–H groups in total. The molecule has 0 unspecified atom stereocenters. The summed E-state index contributed by atoms with van der Waals surface area (Å²) in [6.45, 7) is 3.05. The molecule has 3 nitrogen and oxygen atoms in total. The smallest absolute Gasteiger partial charge is 0.316 e. The minimum absolute atomic E-state index is 0.196. The molecule has 0 fully saturated rings. The van der Waals surface area contributed by atoms with Crippen LogP contribution in [0.1, 0.15) is 16.7 Å². The first-order valence-electron chi connectivity index (χ1n) is 8.62. The Morgan fingerprint density at radius 3 is 2.26 bits per heavy atom. The molecule has 0 heterocycles. The van der Waals surface area contributed by atoms with E-state index < -0.39 is 0 Å². The minimum Gasteiger partial charge on any atom is -0.316 e. The van der Waals surface area contributed by atoms with Gasteiger partial charge in [0.2, 0.25) is 0 Å². The number of benzene rings is 3. The van der Waals surface area contributed by atoms with Crippen LogP contribution in [0.2, 0.25) is 10.0 Å². The Hall–Kier alpha value is -2.49. The van der Waals surface area contributed by atoms with Gasteiger partial charge in [-0.25, -0.2) is 4.79 Å². The zero-order chi connectivity index (χ0) is 19.2. The second-order valence-electron chi connectivity index (χ2n) is 6.39. The van der Waals surface area contributed by atoms with Crippen LogP contribution < -0.4 is 5.32 Å². The molecule has 27 heavy (non-hydrogen) atoms. The maximum atomic E-state index is 12.9. The van der Waals surface area contributed by atoms with Crippen LogP contribution in [0.3, 0.4) is 0 Å². The second kappa shape index (κ2) is 8.94. The fourth-order valence-electron chi connectivity index (χ4n) is 2.81. The van der Waals surface area contributed by atoms with E-state index in [1.807, 2.05) is 55.5 Å². The lowest BCUT2D eigenvalue weighted by molar-refractivity contribution is 0.206. The van der Waals surface area contributed by atoms with Gasteiger partial charge in [0, 0.05) is 18.8 Å². The van der Waals surface area contributed by atoms with Crippen LogP contribution in [0.4, 0.5) is 10.5 Å². The molecule has 5 heteroatoms. The van der Waals surface area contributed by atoms with Crippen LogP contribution in [0, 0.1) is 6.92 Å². The van der Waals surface area contributed by atoms with Gasteiger partial charge in [-0.05, 0) is 36.2 Å². The van der Waals surface area contributed by atoms with Gasteiger partial charge < -0.3 is 10.2 Å². The van der Waals surface area contributed by atoms with Gasteiger partial charge in [-0.3, -0.25) is 0 Å². The Morgan fingerprint density at radius 2 is 1.56 bits per heavy atom. The number of urea groups is 1. The average molecular weight is 399 g/mol. The molecule has 0 radical (unpaired) electrons. The quantitative estimate of drug-likeness (QED) is 0.519. The van der Waals surface area contributed by atoms with Crippen molar-refractivity contribution in [2.24, 2.45) is 0 Å². The van der Waals surface area contributed by atoms with E-state index in [-0.39, 0.29) is 6.03 Å². The number of aryl methyl sites for hydroxylation is 1. The van der Waals surface area contributed by atoms with E-state index in [4.69, 9.17) is 23.2 Å². The van der Waals surface area contributed by atoms with Gasteiger partial charge in [0.15, 0.2) is 0 Å². The molecule has 138 valence electrons. The summed E-state index contributed by atoms with van der Waals surface area (Å²) in [5, 5.41) is 3.77. The molecule has 0 aliphatic rings. The first-order chi connectivity index (χ1) is 13.0. The number of anilines is 1. The molecule has 3 aromatic carbocycles.